The Morgan fingerprint density at radius 3 is 2.46 bits per heavy atom. The summed E-state index contributed by atoms with van der Waals surface area (Å²) in [5.41, 5.74) is 6.44. The van der Waals surface area contributed by atoms with Crippen LogP contribution < -0.4 is 16.0 Å². The van der Waals surface area contributed by atoms with Crippen molar-refractivity contribution >= 4 is 29.0 Å². The average Bonchev–Trinajstić information content (AvgIpc) is 2.63. The SMILES string of the molecule is N=C(N)c1ccc(NC(=O)CC2OCCN(c3cc(F)cc(F)c3)C2=O)cc1. The van der Waals surface area contributed by atoms with Gasteiger partial charge in [0, 0.05) is 29.5 Å². The lowest BCUT2D eigenvalue weighted by Gasteiger charge is -2.32. The van der Waals surface area contributed by atoms with E-state index < -0.39 is 29.6 Å². The van der Waals surface area contributed by atoms with E-state index in [1.807, 2.05) is 0 Å². The van der Waals surface area contributed by atoms with Crippen molar-refractivity contribution in [3.63, 3.8) is 0 Å². The van der Waals surface area contributed by atoms with E-state index in [2.05, 4.69) is 5.32 Å². The number of ether oxygens (including phenoxy) is 1. The first kappa shape index (κ1) is 19.4. The number of benzene rings is 2. The topological polar surface area (TPSA) is 109 Å². The molecule has 0 aromatic heterocycles. The highest BCUT2D eigenvalue weighted by Gasteiger charge is 2.32. The number of hydrogen-bond donors (Lipinski definition) is 3. The lowest BCUT2D eigenvalue weighted by Crippen LogP contribution is -2.49. The Kier molecular flexibility index (Phi) is 5.65. The minimum absolute atomic E-state index is 0.0797. The van der Waals surface area contributed by atoms with Crippen LogP contribution >= 0.6 is 0 Å². The predicted molar refractivity (Wildman–Crippen MR) is 99.2 cm³/mol. The number of nitrogens with two attached hydrogens (primary N) is 1. The Morgan fingerprint density at radius 2 is 1.86 bits per heavy atom. The molecule has 0 bridgehead atoms. The molecule has 2 aromatic carbocycles. The molecule has 1 saturated heterocycles. The van der Waals surface area contributed by atoms with E-state index in [-0.39, 0.29) is 31.1 Å². The average molecular weight is 388 g/mol. The van der Waals surface area contributed by atoms with Crippen LogP contribution in [0.25, 0.3) is 0 Å². The maximum atomic E-state index is 13.4. The summed E-state index contributed by atoms with van der Waals surface area (Å²) in [5.74, 6) is -2.68. The quantitative estimate of drug-likeness (QED) is 0.538. The van der Waals surface area contributed by atoms with Gasteiger partial charge in [0.1, 0.15) is 23.6 Å². The van der Waals surface area contributed by atoms with Crippen LogP contribution in [0.4, 0.5) is 20.2 Å². The summed E-state index contributed by atoms with van der Waals surface area (Å²) in [6, 6.07) is 9.16. The fourth-order valence-electron chi connectivity index (χ4n) is 2.85. The lowest BCUT2D eigenvalue weighted by molar-refractivity contribution is -0.137. The molecule has 1 aliphatic rings. The van der Waals surface area contributed by atoms with Crippen LogP contribution in [0.5, 0.6) is 0 Å². The summed E-state index contributed by atoms with van der Waals surface area (Å²) >= 11 is 0. The van der Waals surface area contributed by atoms with E-state index in [9.17, 15) is 18.4 Å². The zero-order valence-corrected chi connectivity index (χ0v) is 14.7. The second kappa shape index (κ2) is 8.13. The van der Waals surface area contributed by atoms with E-state index in [0.29, 0.717) is 11.3 Å². The number of carbonyl (C=O) groups excluding carboxylic acids is 2. The molecule has 0 aliphatic carbocycles. The molecule has 1 unspecified atom stereocenters. The molecular formula is C19H18F2N4O3. The largest absolute Gasteiger partial charge is 0.384 e. The first-order valence-electron chi connectivity index (χ1n) is 8.47. The number of anilines is 2. The molecule has 2 amide bonds. The van der Waals surface area contributed by atoms with E-state index >= 15 is 0 Å². The third-order valence-electron chi connectivity index (χ3n) is 4.18. The number of amidine groups is 1. The highest BCUT2D eigenvalue weighted by molar-refractivity contribution is 6.01. The first-order valence-corrected chi connectivity index (χ1v) is 8.47. The van der Waals surface area contributed by atoms with Gasteiger partial charge in [0.15, 0.2) is 0 Å². The van der Waals surface area contributed by atoms with Crippen LogP contribution in [0.2, 0.25) is 0 Å². The molecule has 7 nitrogen and oxygen atoms in total. The second-order valence-electron chi connectivity index (χ2n) is 6.22. The van der Waals surface area contributed by atoms with Crippen LogP contribution in [0.1, 0.15) is 12.0 Å². The summed E-state index contributed by atoms with van der Waals surface area (Å²) in [4.78, 5) is 26.0. The summed E-state index contributed by atoms with van der Waals surface area (Å²) in [6.45, 7) is 0.265. The molecule has 2 aromatic rings. The third-order valence-corrected chi connectivity index (χ3v) is 4.18. The van der Waals surface area contributed by atoms with Crippen LogP contribution in [0.15, 0.2) is 42.5 Å². The summed E-state index contributed by atoms with van der Waals surface area (Å²) < 4.78 is 32.3. The Balaban J connectivity index is 1.65. The van der Waals surface area contributed by atoms with Crippen molar-refractivity contribution < 1.29 is 23.1 Å². The van der Waals surface area contributed by atoms with Crippen molar-refractivity contribution in [3.05, 3.63) is 59.7 Å². The van der Waals surface area contributed by atoms with Crippen LogP contribution in [0, 0.1) is 17.0 Å². The van der Waals surface area contributed by atoms with Gasteiger partial charge in [0.2, 0.25) is 5.91 Å². The van der Waals surface area contributed by atoms with Gasteiger partial charge in [-0.2, -0.15) is 0 Å². The van der Waals surface area contributed by atoms with Gasteiger partial charge >= 0.3 is 0 Å². The molecule has 9 heteroatoms. The van der Waals surface area contributed by atoms with Gasteiger partial charge in [-0.1, -0.05) is 0 Å². The van der Waals surface area contributed by atoms with Gasteiger partial charge in [-0.05, 0) is 36.4 Å². The second-order valence-corrected chi connectivity index (χ2v) is 6.22. The monoisotopic (exact) mass is 388 g/mol. The zero-order valence-electron chi connectivity index (χ0n) is 14.7. The van der Waals surface area contributed by atoms with E-state index in [1.54, 1.807) is 24.3 Å². The minimum atomic E-state index is -1.06. The lowest BCUT2D eigenvalue weighted by atomic mass is 10.1. The molecule has 0 saturated carbocycles. The number of morpholine rings is 1. The molecule has 146 valence electrons. The Morgan fingerprint density at radius 1 is 1.21 bits per heavy atom. The number of nitrogens with zero attached hydrogens (tertiary/aromatic N) is 1. The van der Waals surface area contributed by atoms with E-state index in [4.69, 9.17) is 15.9 Å². The molecule has 1 fully saturated rings. The van der Waals surface area contributed by atoms with Crippen molar-refractivity contribution in [1.82, 2.24) is 0 Å². The third kappa shape index (κ3) is 4.49. The molecule has 3 rings (SSSR count). The normalized spacial score (nSPS) is 16.7. The number of halogens is 2. The van der Waals surface area contributed by atoms with Crippen LogP contribution in [-0.4, -0.2) is 36.9 Å². The maximum Gasteiger partial charge on any atom is 0.256 e. The summed E-state index contributed by atoms with van der Waals surface area (Å²) in [5, 5.41) is 9.97. The summed E-state index contributed by atoms with van der Waals surface area (Å²) in [7, 11) is 0. The molecule has 0 radical (unpaired) electrons. The van der Waals surface area contributed by atoms with Gasteiger partial charge in [-0.15, -0.1) is 0 Å². The number of amides is 2. The number of nitrogens with one attached hydrogen (secondary N) is 2. The fourth-order valence-corrected chi connectivity index (χ4v) is 2.85. The zero-order chi connectivity index (χ0) is 20.3. The number of hydrogen-bond acceptors (Lipinski definition) is 4. The molecular weight excluding hydrogens is 370 g/mol. The standard InChI is InChI=1S/C19H18F2N4O3/c20-12-7-13(21)9-15(8-12)25-5-6-28-16(19(25)27)10-17(26)24-14-3-1-11(2-4-14)18(22)23/h1-4,7-9,16H,5-6,10H2,(H3,22,23)(H,24,26). The van der Waals surface area contributed by atoms with Crippen LogP contribution in [-0.2, 0) is 14.3 Å². The predicted octanol–water partition coefficient (Wildman–Crippen LogP) is 2.01. The van der Waals surface area contributed by atoms with Crippen molar-refractivity contribution in [2.75, 3.05) is 23.4 Å². The highest BCUT2D eigenvalue weighted by Crippen LogP contribution is 2.23. The van der Waals surface area contributed by atoms with E-state index in [0.717, 1.165) is 18.2 Å². The smallest absolute Gasteiger partial charge is 0.256 e. The maximum absolute atomic E-state index is 13.4. The number of nitrogen functional groups attached to an aromatic ring is 1. The summed E-state index contributed by atoms with van der Waals surface area (Å²) in [6.07, 6.45) is -1.31. The van der Waals surface area contributed by atoms with Gasteiger partial charge in [-0.25, -0.2) is 8.78 Å². The molecule has 1 atom stereocenters. The number of carbonyl (C=O) groups is 2. The first-order chi connectivity index (χ1) is 13.3. The van der Waals surface area contributed by atoms with Crippen LogP contribution in [0.3, 0.4) is 0 Å². The van der Waals surface area contributed by atoms with Crippen molar-refractivity contribution in [3.8, 4) is 0 Å². The van der Waals surface area contributed by atoms with Gasteiger partial charge < -0.3 is 20.7 Å². The van der Waals surface area contributed by atoms with E-state index in [1.165, 1.54) is 4.90 Å². The van der Waals surface area contributed by atoms with Crippen molar-refractivity contribution in [2.24, 2.45) is 5.73 Å². The fraction of sp³-hybridized carbons (Fsp3) is 0.211. The van der Waals surface area contributed by atoms with Crippen molar-refractivity contribution in [2.45, 2.75) is 12.5 Å². The molecule has 4 N–H and O–H groups in total. The molecule has 28 heavy (non-hydrogen) atoms. The number of rotatable bonds is 5. The highest BCUT2D eigenvalue weighted by atomic mass is 19.1. The Hall–Kier alpha value is -3.33. The molecule has 0 spiro atoms. The van der Waals surface area contributed by atoms with Gasteiger partial charge in [0.25, 0.3) is 5.91 Å². The van der Waals surface area contributed by atoms with Gasteiger partial charge in [0.05, 0.1) is 13.0 Å². The molecule has 1 heterocycles. The Bertz CT molecular complexity index is 898. The minimum Gasteiger partial charge on any atom is -0.384 e. The Labute approximate surface area is 159 Å². The molecule has 1 aliphatic heterocycles. The van der Waals surface area contributed by atoms with Crippen molar-refractivity contribution in [1.29, 1.82) is 5.41 Å². The van der Waals surface area contributed by atoms with Gasteiger partial charge in [-0.3, -0.25) is 15.0 Å².